The van der Waals surface area contributed by atoms with Crippen LogP contribution in [-0.2, 0) is 0 Å². The average molecular weight is 356 g/mol. The van der Waals surface area contributed by atoms with E-state index in [0.717, 1.165) is 21.1 Å². The maximum atomic E-state index is 12.3. The molecule has 108 valence electrons. The van der Waals surface area contributed by atoms with E-state index in [4.69, 9.17) is 5.73 Å². The summed E-state index contributed by atoms with van der Waals surface area (Å²) in [4.78, 5) is 14.9. The molecule has 3 N–H and O–H groups in total. The second-order valence-corrected chi connectivity index (χ2v) is 7.09. The molecule has 0 radical (unpaired) electrons. The van der Waals surface area contributed by atoms with Crippen LogP contribution in [0.3, 0.4) is 0 Å². The molecule has 0 bridgehead atoms. The minimum absolute atomic E-state index is 0.0776. The number of nitrogens with two attached hydrogens (primary N) is 1. The number of halogens is 1. The Labute approximate surface area is 131 Å². The predicted octanol–water partition coefficient (Wildman–Crippen LogP) is 2.93. The number of anilines is 1. The third kappa shape index (κ3) is 3.31. The average Bonchev–Trinajstić information content (AvgIpc) is 2.65. The van der Waals surface area contributed by atoms with Crippen LogP contribution in [0.4, 0.5) is 5.69 Å². The van der Waals surface area contributed by atoms with E-state index in [-0.39, 0.29) is 11.9 Å². The molecule has 0 saturated carbocycles. The van der Waals surface area contributed by atoms with Gasteiger partial charge in [-0.05, 0) is 39.2 Å². The number of carbonyl (C=O) groups excluding carboxylic acids is 1. The highest BCUT2D eigenvalue weighted by molar-refractivity contribution is 9.10. The van der Waals surface area contributed by atoms with E-state index >= 15 is 0 Å². The molecule has 20 heavy (non-hydrogen) atoms. The van der Waals surface area contributed by atoms with E-state index in [9.17, 15) is 4.79 Å². The molecule has 1 unspecified atom stereocenters. The van der Waals surface area contributed by atoms with Crippen LogP contribution in [0.15, 0.2) is 22.7 Å². The van der Waals surface area contributed by atoms with Crippen molar-refractivity contribution >= 4 is 48.9 Å². The molecule has 1 aromatic heterocycles. The molecule has 0 saturated heterocycles. The highest BCUT2D eigenvalue weighted by Crippen LogP contribution is 2.35. The number of nitrogens with one attached hydrogen (secondary N) is 1. The van der Waals surface area contributed by atoms with Crippen LogP contribution in [0, 0.1) is 0 Å². The van der Waals surface area contributed by atoms with Gasteiger partial charge in [-0.1, -0.05) is 15.9 Å². The summed E-state index contributed by atoms with van der Waals surface area (Å²) in [7, 11) is 3.96. The van der Waals surface area contributed by atoms with Gasteiger partial charge in [-0.2, -0.15) is 0 Å². The summed E-state index contributed by atoms with van der Waals surface area (Å²) >= 11 is 4.85. The first-order valence-corrected chi connectivity index (χ1v) is 7.92. The molecule has 6 heteroatoms. The second kappa shape index (κ2) is 6.11. The van der Waals surface area contributed by atoms with Gasteiger partial charge in [-0.15, -0.1) is 11.3 Å². The van der Waals surface area contributed by atoms with Crippen LogP contribution in [-0.4, -0.2) is 37.5 Å². The Balaban J connectivity index is 2.24. The lowest BCUT2D eigenvalue weighted by atomic mass is 10.2. The number of rotatable bonds is 4. The van der Waals surface area contributed by atoms with E-state index in [1.54, 1.807) is 0 Å². The zero-order valence-corrected chi connectivity index (χ0v) is 14.1. The molecule has 0 spiro atoms. The zero-order valence-electron chi connectivity index (χ0n) is 11.7. The summed E-state index contributed by atoms with van der Waals surface area (Å²) in [5, 5.41) is 3.91. The Morgan fingerprint density at radius 1 is 1.50 bits per heavy atom. The Morgan fingerprint density at radius 2 is 2.20 bits per heavy atom. The summed E-state index contributed by atoms with van der Waals surface area (Å²) < 4.78 is 1.98. The van der Waals surface area contributed by atoms with Crippen molar-refractivity contribution in [1.82, 2.24) is 10.2 Å². The van der Waals surface area contributed by atoms with Crippen molar-refractivity contribution in [3.05, 3.63) is 27.5 Å². The summed E-state index contributed by atoms with van der Waals surface area (Å²) in [6.07, 6.45) is 0. The summed E-state index contributed by atoms with van der Waals surface area (Å²) in [6, 6.07) is 5.95. The number of hydrogen-bond donors (Lipinski definition) is 2. The molecule has 1 amide bonds. The highest BCUT2D eigenvalue weighted by Gasteiger charge is 2.18. The first-order chi connectivity index (χ1) is 9.38. The smallest absolute Gasteiger partial charge is 0.263 e. The van der Waals surface area contributed by atoms with Gasteiger partial charge in [0.2, 0.25) is 0 Å². The van der Waals surface area contributed by atoms with E-state index < -0.39 is 0 Å². The van der Waals surface area contributed by atoms with Gasteiger partial charge in [-0.25, -0.2) is 0 Å². The van der Waals surface area contributed by atoms with Crippen LogP contribution in [0.25, 0.3) is 10.1 Å². The molecule has 1 aromatic carbocycles. The fourth-order valence-electron chi connectivity index (χ4n) is 2.14. The number of likely N-dealkylation sites (N-methyl/N-ethyl adjacent to an activating group) is 1. The van der Waals surface area contributed by atoms with Gasteiger partial charge in [0.1, 0.15) is 4.88 Å². The van der Waals surface area contributed by atoms with Crippen LogP contribution in [0.2, 0.25) is 0 Å². The largest absolute Gasteiger partial charge is 0.397 e. The monoisotopic (exact) mass is 355 g/mol. The fraction of sp³-hybridized carbons (Fsp3) is 0.357. The lowest BCUT2D eigenvalue weighted by Gasteiger charge is -2.17. The maximum Gasteiger partial charge on any atom is 0.263 e. The topological polar surface area (TPSA) is 58.4 Å². The molecule has 0 fully saturated rings. The fourth-order valence-corrected chi connectivity index (χ4v) is 3.51. The summed E-state index contributed by atoms with van der Waals surface area (Å²) in [5.41, 5.74) is 6.66. The van der Waals surface area contributed by atoms with Crippen molar-refractivity contribution < 1.29 is 4.79 Å². The normalized spacial score (nSPS) is 12.8. The van der Waals surface area contributed by atoms with Crippen LogP contribution in [0.5, 0.6) is 0 Å². The second-order valence-electron chi connectivity index (χ2n) is 5.12. The molecule has 2 aromatic rings. The van der Waals surface area contributed by atoms with Crippen molar-refractivity contribution in [2.75, 3.05) is 26.4 Å². The molecule has 1 atom stereocenters. The summed E-state index contributed by atoms with van der Waals surface area (Å²) in [5.74, 6) is -0.103. The van der Waals surface area contributed by atoms with E-state index in [0.29, 0.717) is 10.6 Å². The van der Waals surface area contributed by atoms with Crippen molar-refractivity contribution in [3.8, 4) is 0 Å². The van der Waals surface area contributed by atoms with Crippen LogP contribution < -0.4 is 11.1 Å². The Hall–Kier alpha value is -1.11. The van der Waals surface area contributed by atoms with E-state index in [1.165, 1.54) is 11.3 Å². The lowest BCUT2D eigenvalue weighted by Crippen LogP contribution is -2.39. The van der Waals surface area contributed by atoms with Crippen molar-refractivity contribution in [3.63, 3.8) is 0 Å². The molecule has 0 aliphatic rings. The minimum Gasteiger partial charge on any atom is -0.397 e. The van der Waals surface area contributed by atoms with Gasteiger partial charge in [0.05, 0.1) is 5.69 Å². The standard InChI is InChI=1S/C14H18BrN3OS/c1-8(7-18(2)3)17-14(19)13-12(16)10-6-9(15)4-5-11(10)20-13/h4-6,8H,7,16H2,1-3H3,(H,17,19). The van der Waals surface area contributed by atoms with Crippen molar-refractivity contribution in [1.29, 1.82) is 0 Å². The number of thiophene rings is 1. The van der Waals surface area contributed by atoms with Gasteiger partial charge >= 0.3 is 0 Å². The predicted molar refractivity (Wildman–Crippen MR) is 89.4 cm³/mol. The Bertz CT molecular complexity index is 639. The van der Waals surface area contributed by atoms with Crippen LogP contribution in [0.1, 0.15) is 16.6 Å². The van der Waals surface area contributed by atoms with Gasteiger partial charge in [0.25, 0.3) is 5.91 Å². The number of amides is 1. The highest BCUT2D eigenvalue weighted by atomic mass is 79.9. The number of nitrogen functional groups attached to an aromatic ring is 1. The van der Waals surface area contributed by atoms with Gasteiger partial charge in [0.15, 0.2) is 0 Å². The van der Waals surface area contributed by atoms with Gasteiger partial charge in [0, 0.05) is 27.1 Å². The molecule has 0 aliphatic heterocycles. The minimum atomic E-state index is -0.103. The quantitative estimate of drug-likeness (QED) is 0.886. The number of fused-ring (bicyclic) bond motifs is 1. The Kier molecular flexibility index (Phi) is 4.67. The third-order valence-electron chi connectivity index (χ3n) is 2.91. The van der Waals surface area contributed by atoms with Gasteiger partial charge < -0.3 is 16.0 Å². The molecular formula is C14H18BrN3OS. The van der Waals surface area contributed by atoms with Crippen LogP contribution >= 0.6 is 27.3 Å². The van der Waals surface area contributed by atoms with E-state index in [2.05, 4.69) is 21.2 Å². The summed E-state index contributed by atoms with van der Waals surface area (Å²) in [6.45, 7) is 2.78. The molecule has 1 heterocycles. The first-order valence-electron chi connectivity index (χ1n) is 6.31. The Morgan fingerprint density at radius 3 is 2.85 bits per heavy atom. The number of benzene rings is 1. The number of hydrogen-bond acceptors (Lipinski definition) is 4. The van der Waals surface area contributed by atoms with Crippen molar-refractivity contribution in [2.24, 2.45) is 0 Å². The van der Waals surface area contributed by atoms with E-state index in [1.807, 2.05) is 44.1 Å². The molecule has 2 rings (SSSR count). The van der Waals surface area contributed by atoms with Crippen molar-refractivity contribution in [2.45, 2.75) is 13.0 Å². The lowest BCUT2D eigenvalue weighted by molar-refractivity contribution is 0.0939. The maximum absolute atomic E-state index is 12.3. The number of nitrogens with zero attached hydrogens (tertiary/aromatic N) is 1. The number of carbonyl (C=O) groups is 1. The zero-order chi connectivity index (χ0) is 14.9. The third-order valence-corrected chi connectivity index (χ3v) is 4.59. The molecule has 0 aliphatic carbocycles. The SMILES string of the molecule is CC(CN(C)C)NC(=O)c1sc2ccc(Br)cc2c1N. The molecular weight excluding hydrogens is 338 g/mol. The van der Waals surface area contributed by atoms with Gasteiger partial charge in [-0.3, -0.25) is 4.79 Å². The first kappa shape index (κ1) is 15.3. The molecule has 4 nitrogen and oxygen atoms in total.